The van der Waals surface area contributed by atoms with Crippen LogP contribution in [0.4, 0.5) is 10.1 Å². The molecule has 0 saturated heterocycles. The van der Waals surface area contributed by atoms with Crippen LogP contribution < -0.4 is 0 Å². The normalized spacial score (nSPS) is 10.1. The molecule has 8 heteroatoms. The highest BCUT2D eigenvalue weighted by atomic mass is 35.5. The quantitative estimate of drug-likeness (QED) is 0.363. The number of esters is 1. The van der Waals surface area contributed by atoms with E-state index in [9.17, 15) is 9.18 Å². The van der Waals surface area contributed by atoms with Gasteiger partial charge in [-0.15, -0.1) is 0 Å². The zero-order valence-corrected chi connectivity index (χ0v) is 10.3. The first-order chi connectivity index (χ1) is 9.08. The maximum Gasteiger partial charge on any atom is 0.339 e. The molecule has 2 aromatic rings. The number of benzene rings is 1. The molecule has 1 aromatic heterocycles. The van der Waals surface area contributed by atoms with E-state index >= 15 is 0 Å². The fourth-order valence-corrected chi connectivity index (χ4v) is 1.83. The molecule has 0 unspecified atom stereocenters. The van der Waals surface area contributed by atoms with Crippen LogP contribution in [0.1, 0.15) is 10.4 Å². The standard InChI is InChI=1S/C11H6ClFN4O2/c1-19-11(18)7-4-15-10-6(9(7)16-17-14)2-5(12)3-8(10)13/h2-4H,1H3. The van der Waals surface area contributed by atoms with E-state index in [-0.39, 0.29) is 27.2 Å². The van der Waals surface area contributed by atoms with Crippen LogP contribution in [0, 0.1) is 5.82 Å². The first kappa shape index (κ1) is 13.1. The van der Waals surface area contributed by atoms with Gasteiger partial charge in [0.25, 0.3) is 0 Å². The molecule has 0 aliphatic carbocycles. The molecular formula is C11H6ClFN4O2. The number of pyridine rings is 1. The van der Waals surface area contributed by atoms with Crippen LogP contribution >= 0.6 is 11.6 Å². The summed E-state index contributed by atoms with van der Waals surface area (Å²) in [6.45, 7) is 0. The fraction of sp³-hybridized carbons (Fsp3) is 0.0909. The summed E-state index contributed by atoms with van der Waals surface area (Å²) in [5.41, 5.74) is 8.38. The Morgan fingerprint density at radius 3 is 2.95 bits per heavy atom. The molecular weight excluding hydrogens is 275 g/mol. The number of hydrogen-bond acceptors (Lipinski definition) is 4. The lowest BCUT2D eigenvalue weighted by molar-refractivity contribution is 0.0601. The lowest BCUT2D eigenvalue weighted by Crippen LogP contribution is -2.03. The number of nitrogens with zero attached hydrogens (tertiary/aromatic N) is 4. The van der Waals surface area contributed by atoms with E-state index in [1.165, 1.54) is 13.2 Å². The average Bonchev–Trinajstić information content (AvgIpc) is 2.38. The second-order valence-electron chi connectivity index (χ2n) is 3.49. The first-order valence-corrected chi connectivity index (χ1v) is 5.37. The third-order valence-electron chi connectivity index (χ3n) is 2.41. The molecule has 0 fully saturated rings. The molecule has 0 spiro atoms. The molecule has 0 saturated carbocycles. The molecule has 0 aliphatic rings. The van der Waals surface area contributed by atoms with E-state index in [0.29, 0.717) is 0 Å². The Labute approximate surface area is 111 Å². The molecule has 96 valence electrons. The summed E-state index contributed by atoms with van der Waals surface area (Å²) in [6.07, 6.45) is 1.09. The number of hydrogen-bond donors (Lipinski definition) is 0. The highest BCUT2D eigenvalue weighted by molar-refractivity contribution is 6.31. The Morgan fingerprint density at radius 1 is 1.58 bits per heavy atom. The number of azide groups is 1. The predicted octanol–water partition coefficient (Wildman–Crippen LogP) is 3.76. The molecule has 1 aromatic carbocycles. The van der Waals surface area contributed by atoms with Crippen molar-refractivity contribution in [2.24, 2.45) is 5.11 Å². The number of carbonyl (C=O) groups excluding carboxylic acids is 1. The minimum Gasteiger partial charge on any atom is -0.465 e. The summed E-state index contributed by atoms with van der Waals surface area (Å²) < 4.78 is 18.2. The van der Waals surface area contributed by atoms with Crippen molar-refractivity contribution in [2.75, 3.05) is 7.11 Å². The van der Waals surface area contributed by atoms with Gasteiger partial charge in [-0.1, -0.05) is 16.7 Å². The Morgan fingerprint density at radius 2 is 2.32 bits per heavy atom. The van der Waals surface area contributed by atoms with Crippen molar-refractivity contribution in [3.8, 4) is 0 Å². The third kappa shape index (κ3) is 2.29. The Bertz CT molecular complexity index is 728. The zero-order valence-electron chi connectivity index (χ0n) is 9.59. The maximum atomic E-state index is 13.7. The van der Waals surface area contributed by atoms with Crippen LogP contribution in [0.15, 0.2) is 23.4 Å². The van der Waals surface area contributed by atoms with Crippen LogP contribution in [-0.2, 0) is 4.74 Å². The van der Waals surface area contributed by atoms with Crippen molar-refractivity contribution < 1.29 is 13.9 Å². The molecule has 0 N–H and O–H groups in total. The highest BCUT2D eigenvalue weighted by Crippen LogP contribution is 2.32. The SMILES string of the molecule is COC(=O)c1cnc2c(F)cc(Cl)cc2c1N=[N+]=[N-]. The summed E-state index contributed by atoms with van der Waals surface area (Å²) >= 11 is 5.74. The smallest absolute Gasteiger partial charge is 0.339 e. The summed E-state index contributed by atoms with van der Waals surface area (Å²) in [6, 6.07) is 2.44. The van der Waals surface area contributed by atoms with Gasteiger partial charge in [-0.2, -0.15) is 0 Å². The van der Waals surface area contributed by atoms with E-state index < -0.39 is 11.8 Å². The number of halogens is 2. The van der Waals surface area contributed by atoms with Gasteiger partial charge in [-0.3, -0.25) is 4.98 Å². The summed E-state index contributed by atoms with van der Waals surface area (Å²) in [5, 5.41) is 3.64. The number of carbonyl (C=O) groups is 1. The van der Waals surface area contributed by atoms with Crippen LogP contribution in [0.25, 0.3) is 21.3 Å². The van der Waals surface area contributed by atoms with Crippen molar-refractivity contribution in [2.45, 2.75) is 0 Å². The number of ether oxygens (including phenoxy) is 1. The van der Waals surface area contributed by atoms with E-state index in [1.54, 1.807) is 0 Å². The van der Waals surface area contributed by atoms with Gasteiger partial charge >= 0.3 is 5.97 Å². The van der Waals surface area contributed by atoms with Gasteiger partial charge in [0, 0.05) is 21.5 Å². The Hall–Kier alpha value is -2.37. The molecule has 0 bridgehead atoms. The molecule has 19 heavy (non-hydrogen) atoms. The van der Waals surface area contributed by atoms with Crippen molar-refractivity contribution in [3.05, 3.63) is 45.2 Å². The predicted molar refractivity (Wildman–Crippen MR) is 66.9 cm³/mol. The van der Waals surface area contributed by atoms with E-state index in [1.807, 2.05) is 0 Å². The van der Waals surface area contributed by atoms with Crippen LogP contribution in [-0.4, -0.2) is 18.1 Å². The largest absolute Gasteiger partial charge is 0.465 e. The summed E-state index contributed by atoms with van der Waals surface area (Å²) in [7, 11) is 1.17. The van der Waals surface area contributed by atoms with Crippen LogP contribution in [0.5, 0.6) is 0 Å². The summed E-state index contributed by atoms with van der Waals surface area (Å²) in [5.74, 6) is -1.41. The topological polar surface area (TPSA) is 88.0 Å². The molecule has 0 amide bonds. The molecule has 6 nitrogen and oxygen atoms in total. The fourth-order valence-electron chi connectivity index (χ4n) is 1.62. The lowest BCUT2D eigenvalue weighted by atomic mass is 10.1. The number of methoxy groups -OCH3 is 1. The minimum atomic E-state index is -0.739. The zero-order chi connectivity index (χ0) is 14.0. The first-order valence-electron chi connectivity index (χ1n) is 4.99. The van der Waals surface area contributed by atoms with E-state index in [4.69, 9.17) is 17.1 Å². The second-order valence-corrected chi connectivity index (χ2v) is 3.92. The van der Waals surface area contributed by atoms with Crippen molar-refractivity contribution in [3.63, 3.8) is 0 Å². The van der Waals surface area contributed by atoms with Crippen molar-refractivity contribution in [1.82, 2.24) is 4.98 Å². The minimum absolute atomic E-state index is 0.0422. The van der Waals surface area contributed by atoms with Gasteiger partial charge in [-0.05, 0) is 17.7 Å². The van der Waals surface area contributed by atoms with Gasteiger partial charge in [0.05, 0.1) is 18.4 Å². The van der Waals surface area contributed by atoms with Gasteiger partial charge in [0.2, 0.25) is 0 Å². The lowest BCUT2D eigenvalue weighted by Gasteiger charge is -2.07. The van der Waals surface area contributed by atoms with Crippen molar-refractivity contribution in [1.29, 1.82) is 0 Å². The average molecular weight is 281 g/mol. The number of fused-ring (bicyclic) bond motifs is 1. The number of aromatic nitrogens is 1. The van der Waals surface area contributed by atoms with Crippen LogP contribution in [0.2, 0.25) is 5.02 Å². The monoisotopic (exact) mass is 280 g/mol. The Kier molecular flexibility index (Phi) is 3.50. The molecule has 2 rings (SSSR count). The van der Waals surface area contributed by atoms with E-state index in [2.05, 4.69) is 19.7 Å². The van der Waals surface area contributed by atoms with Gasteiger partial charge in [-0.25, -0.2) is 9.18 Å². The van der Waals surface area contributed by atoms with Gasteiger partial charge < -0.3 is 4.74 Å². The van der Waals surface area contributed by atoms with E-state index in [0.717, 1.165) is 12.3 Å². The number of rotatable bonds is 2. The second kappa shape index (κ2) is 5.09. The molecule has 0 aliphatic heterocycles. The van der Waals surface area contributed by atoms with Gasteiger partial charge in [0.15, 0.2) is 5.82 Å². The summed E-state index contributed by atoms with van der Waals surface area (Å²) in [4.78, 5) is 18.0. The highest BCUT2D eigenvalue weighted by Gasteiger charge is 2.17. The molecule has 0 atom stereocenters. The Balaban J connectivity index is 2.91. The van der Waals surface area contributed by atoms with Crippen molar-refractivity contribution >= 4 is 34.2 Å². The van der Waals surface area contributed by atoms with Gasteiger partial charge in [0.1, 0.15) is 5.52 Å². The van der Waals surface area contributed by atoms with Crippen LogP contribution in [0.3, 0.4) is 0 Å². The molecule has 0 radical (unpaired) electrons. The maximum absolute atomic E-state index is 13.7. The molecule has 1 heterocycles. The third-order valence-corrected chi connectivity index (χ3v) is 2.63.